The van der Waals surface area contributed by atoms with Crippen molar-refractivity contribution in [2.45, 2.75) is 6.54 Å². The molecule has 3 aromatic rings. The highest BCUT2D eigenvalue weighted by molar-refractivity contribution is 6.54. The lowest BCUT2D eigenvalue weighted by Gasteiger charge is -2.16. The Hall–Kier alpha value is -3.27. The number of benzene rings is 2. The van der Waals surface area contributed by atoms with Gasteiger partial charge in [-0.15, -0.1) is 0 Å². The summed E-state index contributed by atoms with van der Waals surface area (Å²) in [5, 5.41) is 0. The Balaban J connectivity index is 1.76. The molecule has 4 heteroatoms. The number of hydrogen-bond acceptors (Lipinski definition) is 3. The molecule has 24 heavy (non-hydrogen) atoms. The second-order valence-electron chi connectivity index (χ2n) is 5.57. The molecule has 0 N–H and O–H groups in total. The van der Waals surface area contributed by atoms with E-state index < -0.39 is 0 Å². The Bertz CT molecular complexity index is 904. The number of fused-ring (bicyclic) bond motifs is 1. The fraction of sp³-hybridized carbons (Fsp3) is 0.0500. The van der Waals surface area contributed by atoms with E-state index in [1.54, 1.807) is 17.3 Å². The molecule has 0 saturated carbocycles. The molecule has 116 valence electrons. The number of para-hydroxylation sites is 1. The first kappa shape index (κ1) is 14.3. The van der Waals surface area contributed by atoms with Crippen LogP contribution in [0.15, 0.2) is 84.1 Å². The summed E-state index contributed by atoms with van der Waals surface area (Å²) in [5.74, 6) is -0.0797. The predicted molar refractivity (Wildman–Crippen MR) is 94.5 cm³/mol. The van der Waals surface area contributed by atoms with Crippen LogP contribution in [0.3, 0.4) is 0 Å². The number of anilines is 1. The van der Waals surface area contributed by atoms with E-state index in [2.05, 4.69) is 9.98 Å². The minimum Gasteiger partial charge on any atom is -0.302 e. The van der Waals surface area contributed by atoms with Gasteiger partial charge in [0.25, 0.3) is 5.91 Å². The molecule has 1 aromatic heterocycles. The van der Waals surface area contributed by atoms with E-state index in [9.17, 15) is 4.79 Å². The second kappa shape index (κ2) is 6.08. The fourth-order valence-electron chi connectivity index (χ4n) is 2.84. The molecule has 0 radical (unpaired) electrons. The van der Waals surface area contributed by atoms with Gasteiger partial charge in [-0.3, -0.25) is 9.78 Å². The minimum atomic E-state index is -0.0797. The number of hydrogen-bond donors (Lipinski definition) is 0. The number of nitrogens with zero attached hydrogens (tertiary/aromatic N) is 3. The highest BCUT2D eigenvalue weighted by atomic mass is 16.2. The zero-order valence-electron chi connectivity index (χ0n) is 13.0. The number of rotatable bonds is 3. The van der Waals surface area contributed by atoms with Gasteiger partial charge in [-0.05, 0) is 23.8 Å². The van der Waals surface area contributed by atoms with E-state index >= 15 is 0 Å². The molecule has 1 amide bonds. The third-order valence-electron chi connectivity index (χ3n) is 3.97. The Kier molecular flexibility index (Phi) is 3.63. The predicted octanol–water partition coefficient (Wildman–Crippen LogP) is 3.75. The van der Waals surface area contributed by atoms with Crippen LogP contribution in [0.1, 0.15) is 11.1 Å². The quantitative estimate of drug-likeness (QED) is 0.739. The number of amides is 1. The van der Waals surface area contributed by atoms with Crippen molar-refractivity contribution in [2.24, 2.45) is 4.99 Å². The van der Waals surface area contributed by atoms with Gasteiger partial charge in [-0.25, -0.2) is 4.99 Å². The van der Waals surface area contributed by atoms with Crippen molar-refractivity contribution in [3.63, 3.8) is 0 Å². The maximum absolute atomic E-state index is 12.9. The van der Waals surface area contributed by atoms with Crippen LogP contribution >= 0.6 is 0 Å². The van der Waals surface area contributed by atoms with Gasteiger partial charge in [0.05, 0.1) is 24.1 Å². The van der Waals surface area contributed by atoms with Crippen LogP contribution in [0.2, 0.25) is 0 Å². The third kappa shape index (κ3) is 2.58. The zero-order valence-corrected chi connectivity index (χ0v) is 13.0. The van der Waals surface area contributed by atoms with Crippen LogP contribution in [-0.4, -0.2) is 16.6 Å². The zero-order chi connectivity index (χ0) is 16.4. The molecular weight excluding hydrogens is 298 g/mol. The molecule has 0 spiro atoms. The first-order valence-corrected chi connectivity index (χ1v) is 7.77. The summed E-state index contributed by atoms with van der Waals surface area (Å²) in [6, 6.07) is 21.4. The Morgan fingerprint density at radius 3 is 2.50 bits per heavy atom. The maximum Gasteiger partial charge on any atom is 0.277 e. The Labute approximate surface area is 140 Å². The van der Waals surface area contributed by atoms with Gasteiger partial charge < -0.3 is 4.90 Å². The van der Waals surface area contributed by atoms with Crippen molar-refractivity contribution in [3.8, 4) is 0 Å². The van der Waals surface area contributed by atoms with E-state index in [0.717, 1.165) is 16.8 Å². The number of aromatic nitrogens is 1. The molecule has 1 aliphatic rings. The molecule has 0 unspecified atom stereocenters. The molecular formula is C20H15N3O. The number of carbonyl (C=O) groups excluding carboxylic acids is 1. The van der Waals surface area contributed by atoms with E-state index in [-0.39, 0.29) is 5.91 Å². The smallest absolute Gasteiger partial charge is 0.277 e. The first-order chi connectivity index (χ1) is 11.8. The summed E-state index contributed by atoms with van der Waals surface area (Å²) in [5.41, 5.74) is 3.99. The molecule has 0 atom stereocenters. The van der Waals surface area contributed by atoms with Gasteiger partial charge in [0.1, 0.15) is 5.71 Å². The largest absolute Gasteiger partial charge is 0.302 e. The van der Waals surface area contributed by atoms with Crippen LogP contribution < -0.4 is 4.90 Å². The first-order valence-electron chi connectivity index (χ1n) is 7.77. The van der Waals surface area contributed by atoms with Gasteiger partial charge in [-0.1, -0.05) is 48.5 Å². The van der Waals surface area contributed by atoms with Gasteiger partial charge >= 0.3 is 0 Å². The topological polar surface area (TPSA) is 45.6 Å². The lowest BCUT2D eigenvalue weighted by atomic mass is 10.1. The SMILES string of the molecule is O=C1C(=Nc2cccnc2)c2ccccc2N1Cc1ccccc1. The molecule has 0 fully saturated rings. The Morgan fingerprint density at radius 1 is 0.917 bits per heavy atom. The van der Waals surface area contributed by atoms with Gasteiger partial charge in [0, 0.05) is 11.8 Å². The van der Waals surface area contributed by atoms with Gasteiger partial charge in [-0.2, -0.15) is 0 Å². The molecule has 2 aromatic carbocycles. The van der Waals surface area contributed by atoms with Crippen LogP contribution in [-0.2, 0) is 11.3 Å². The number of aliphatic imine (C=N–C) groups is 1. The van der Waals surface area contributed by atoms with E-state index in [1.165, 1.54) is 0 Å². The number of carbonyl (C=O) groups is 1. The van der Waals surface area contributed by atoms with Crippen molar-refractivity contribution in [1.29, 1.82) is 0 Å². The summed E-state index contributed by atoms with van der Waals surface area (Å²) in [6.07, 6.45) is 3.35. The molecule has 0 bridgehead atoms. The summed E-state index contributed by atoms with van der Waals surface area (Å²) >= 11 is 0. The van der Waals surface area contributed by atoms with E-state index in [1.807, 2.05) is 66.7 Å². The van der Waals surface area contributed by atoms with Crippen molar-refractivity contribution in [2.75, 3.05) is 4.90 Å². The lowest BCUT2D eigenvalue weighted by molar-refractivity contribution is -0.112. The van der Waals surface area contributed by atoms with E-state index in [0.29, 0.717) is 17.9 Å². The van der Waals surface area contributed by atoms with Gasteiger partial charge in [0.2, 0.25) is 0 Å². The summed E-state index contributed by atoms with van der Waals surface area (Å²) in [7, 11) is 0. The second-order valence-corrected chi connectivity index (χ2v) is 5.57. The fourth-order valence-corrected chi connectivity index (χ4v) is 2.84. The molecule has 0 saturated heterocycles. The van der Waals surface area contributed by atoms with Crippen molar-refractivity contribution < 1.29 is 4.79 Å². The molecule has 4 nitrogen and oxygen atoms in total. The average Bonchev–Trinajstić information content (AvgIpc) is 2.90. The molecule has 1 aliphatic heterocycles. The van der Waals surface area contributed by atoms with Crippen molar-refractivity contribution in [3.05, 3.63) is 90.3 Å². The van der Waals surface area contributed by atoms with Crippen LogP contribution in [0.4, 0.5) is 11.4 Å². The van der Waals surface area contributed by atoms with Crippen molar-refractivity contribution in [1.82, 2.24) is 4.98 Å². The van der Waals surface area contributed by atoms with Crippen LogP contribution in [0.5, 0.6) is 0 Å². The standard InChI is InChI=1S/C20H15N3O/c24-20-19(22-16-9-6-12-21-13-16)17-10-4-5-11-18(17)23(20)14-15-7-2-1-3-8-15/h1-13H,14H2. The Morgan fingerprint density at radius 2 is 1.71 bits per heavy atom. The average molecular weight is 313 g/mol. The third-order valence-corrected chi connectivity index (χ3v) is 3.97. The summed E-state index contributed by atoms with van der Waals surface area (Å²) in [4.78, 5) is 23.3. The van der Waals surface area contributed by atoms with Crippen molar-refractivity contribution >= 4 is 23.0 Å². The minimum absolute atomic E-state index is 0.0797. The highest BCUT2D eigenvalue weighted by Crippen LogP contribution is 2.31. The lowest BCUT2D eigenvalue weighted by Crippen LogP contribution is -2.29. The molecule has 4 rings (SSSR count). The highest BCUT2D eigenvalue weighted by Gasteiger charge is 2.33. The normalized spacial score (nSPS) is 14.9. The van der Waals surface area contributed by atoms with E-state index in [4.69, 9.17) is 0 Å². The summed E-state index contributed by atoms with van der Waals surface area (Å²) < 4.78 is 0. The van der Waals surface area contributed by atoms with Crippen LogP contribution in [0.25, 0.3) is 0 Å². The summed E-state index contributed by atoms with van der Waals surface area (Å²) in [6.45, 7) is 0.531. The maximum atomic E-state index is 12.9. The van der Waals surface area contributed by atoms with Gasteiger partial charge in [0.15, 0.2) is 0 Å². The molecule has 2 heterocycles. The monoisotopic (exact) mass is 313 g/mol. The van der Waals surface area contributed by atoms with Crippen LogP contribution in [0, 0.1) is 0 Å². The number of pyridine rings is 1. The molecule has 0 aliphatic carbocycles.